The molecule has 1 unspecified atom stereocenters. The van der Waals surface area contributed by atoms with Gasteiger partial charge in [-0.1, -0.05) is 12.6 Å². The highest BCUT2D eigenvalue weighted by molar-refractivity contribution is 7.09. The fourth-order valence-corrected chi connectivity index (χ4v) is 4.69. The van der Waals surface area contributed by atoms with Crippen LogP contribution in [-0.2, 0) is 14.5 Å². The van der Waals surface area contributed by atoms with Gasteiger partial charge in [0.15, 0.2) is 6.61 Å². The molecule has 1 aromatic heterocycles. The molecule has 3 heterocycles. The monoisotopic (exact) mass is 462 g/mol. The van der Waals surface area contributed by atoms with E-state index in [1.807, 2.05) is 5.38 Å². The van der Waals surface area contributed by atoms with Crippen molar-refractivity contribution in [3.63, 3.8) is 0 Å². The van der Waals surface area contributed by atoms with Crippen LogP contribution in [0.2, 0.25) is 0 Å². The first-order chi connectivity index (χ1) is 15.4. The van der Waals surface area contributed by atoms with Crippen molar-refractivity contribution in [1.29, 1.82) is 0 Å². The minimum absolute atomic E-state index is 0.0392. The second-order valence-electron chi connectivity index (χ2n) is 7.75. The van der Waals surface area contributed by atoms with E-state index in [0.717, 1.165) is 17.8 Å². The van der Waals surface area contributed by atoms with Crippen LogP contribution in [-0.4, -0.2) is 35.5 Å². The van der Waals surface area contributed by atoms with E-state index in [0.29, 0.717) is 30.2 Å². The van der Waals surface area contributed by atoms with Crippen molar-refractivity contribution in [2.24, 2.45) is 0 Å². The van der Waals surface area contributed by atoms with Gasteiger partial charge in [-0.05, 0) is 38.0 Å². The smallest absolute Gasteiger partial charge is 0.251 e. The summed E-state index contributed by atoms with van der Waals surface area (Å²) >= 11 is 1.53. The lowest BCUT2D eigenvalue weighted by Crippen LogP contribution is -2.40. The Balaban J connectivity index is 1.35. The maximum absolute atomic E-state index is 14.0. The number of hydrogen-bond donors (Lipinski definition) is 2. The molecule has 0 aliphatic carbocycles. The lowest BCUT2D eigenvalue weighted by atomic mass is 9.97. The van der Waals surface area contributed by atoms with Crippen LogP contribution in [0.3, 0.4) is 0 Å². The third-order valence-electron chi connectivity index (χ3n) is 5.33. The summed E-state index contributed by atoms with van der Waals surface area (Å²) in [4.78, 5) is 29.2. The van der Waals surface area contributed by atoms with Gasteiger partial charge in [-0.3, -0.25) is 25.4 Å². The van der Waals surface area contributed by atoms with Crippen LogP contribution in [0.15, 0.2) is 41.9 Å². The van der Waals surface area contributed by atoms with Crippen LogP contribution in [0.5, 0.6) is 0 Å². The van der Waals surface area contributed by atoms with Gasteiger partial charge in [0.1, 0.15) is 17.7 Å². The summed E-state index contributed by atoms with van der Waals surface area (Å²) in [5.41, 5.74) is 7.07. The largest absolute Gasteiger partial charge is 0.341 e. The number of rotatable bonds is 7. The van der Waals surface area contributed by atoms with Gasteiger partial charge < -0.3 is 4.90 Å². The van der Waals surface area contributed by atoms with Gasteiger partial charge in [0.25, 0.3) is 5.91 Å². The minimum atomic E-state index is -0.868. The topological polar surface area (TPSA) is 75.7 Å². The molecule has 0 saturated carbocycles. The number of likely N-dealkylation sites (tertiary alicyclic amines) is 1. The number of carbonyl (C=O) groups is 1. The van der Waals surface area contributed by atoms with E-state index < -0.39 is 17.7 Å². The highest BCUT2D eigenvalue weighted by Crippen LogP contribution is 2.35. The number of aromatic nitrogens is 1. The number of thiazole rings is 1. The Hall–Kier alpha value is -2.82. The van der Waals surface area contributed by atoms with Crippen molar-refractivity contribution in [1.82, 2.24) is 20.8 Å². The summed E-state index contributed by atoms with van der Waals surface area (Å²) in [7, 11) is 0. The molecule has 2 aliphatic heterocycles. The van der Waals surface area contributed by atoms with Crippen molar-refractivity contribution >= 4 is 22.9 Å². The molecule has 170 valence electrons. The fourth-order valence-electron chi connectivity index (χ4n) is 3.70. The predicted octanol–water partition coefficient (Wildman–Crippen LogP) is 3.80. The molecule has 7 nitrogen and oxygen atoms in total. The highest BCUT2D eigenvalue weighted by atomic mass is 32.1. The van der Waals surface area contributed by atoms with Crippen molar-refractivity contribution in [2.45, 2.75) is 31.8 Å². The Morgan fingerprint density at radius 1 is 1.38 bits per heavy atom. The second-order valence-corrected chi connectivity index (χ2v) is 8.64. The number of hydroxylamine groups is 2. The summed E-state index contributed by atoms with van der Waals surface area (Å²) in [6.07, 6.45) is 2.37. The normalized spacial score (nSPS) is 18.9. The molecule has 2 N–H and O–H groups in total. The zero-order valence-electron chi connectivity index (χ0n) is 17.6. The zero-order valence-corrected chi connectivity index (χ0v) is 18.4. The molecule has 1 atom stereocenters. The van der Waals surface area contributed by atoms with Gasteiger partial charge in [0, 0.05) is 30.1 Å². The van der Waals surface area contributed by atoms with Crippen molar-refractivity contribution in [3.05, 3.63) is 69.8 Å². The molecule has 10 heteroatoms. The number of amides is 1. The molecule has 0 bridgehead atoms. The summed E-state index contributed by atoms with van der Waals surface area (Å²) in [5.74, 6) is -1.14. The van der Waals surface area contributed by atoms with Gasteiger partial charge in [0.2, 0.25) is 0 Å². The summed E-state index contributed by atoms with van der Waals surface area (Å²) in [6.45, 7) is 6.62. The van der Waals surface area contributed by atoms with E-state index in [1.165, 1.54) is 29.5 Å². The third kappa shape index (κ3) is 4.98. The van der Waals surface area contributed by atoms with Gasteiger partial charge in [-0.25, -0.2) is 13.8 Å². The van der Waals surface area contributed by atoms with E-state index in [9.17, 15) is 13.6 Å². The standard InChI is InChI=1S/C22H24F2N4O3S/c1-13(2)26-30-11-20(29)28-8-6-14(7-9-28)22-25-18(12-32-22)17-10-19(31-27-17)21-15(23)4-3-5-16(21)24/h3-5,10,12,14,19,26-27H,1,6-9,11H2,2H3. The number of nitrogens with zero attached hydrogens (tertiary/aromatic N) is 2. The number of benzene rings is 1. The summed E-state index contributed by atoms with van der Waals surface area (Å²) in [5, 5.41) is 2.86. The Kier molecular flexibility index (Phi) is 6.83. The second kappa shape index (κ2) is 9.76. The first-order valence-electron chi connectivity index (χ1n) is 10.3. The van der Waals surface area contributed by atoms with Gasteiger partial charge in [-0.15, -0.1) is 11.3 Å². The highest BCUT2D eigenvalue weighted by Gasteiger charge is 2.29. The van der Waals surface area contributed by atoms with Gasteiger partial charge in [-0.2, -0.15) is 0 Å². The Labute approximate surface area is 188 Å². The van der Waals surface area contributed by atoms with Crippen LogP contribution in [0.4, 0.5) is 8.78 Å². The number of allylic oxidation sites excluding steroid dienone is 1. The number of hydrogen-bond acceptors (Lipinski definition) is 7. The molecule has 4 rings (SSSR count). The first-order valence-corrected chi connectivity index (χ1v) is 11.1. The molecule has 1 fully saturated rings. The fraction of sp³-hybridized carbons (Fsp3) is 0.364. The van der Waals surface area contributed by atoms with Crippen molar-refractivity contribution in [3.8, 4) is 0 Å². The maximum Gasteiger partial charge on any atom is 0.251 e. The maximum atomic E-state index is 14.0. The average Bonchev–Trinajstić information content (AvgIpc) is 3.43. The van der Waals surface area contributed by atoms with E-state index in [1.54, 1.807) is 17.9 Å². The third-order valence-corrected chi connectivity index (χ3v) is 6.34. The lowest BCUT2D eigenvalue weighted by Gasteiger charge is -2.31. The van der Waals surface area contributed by atoms with Crippen molar-refractivity contribution < 1.29 is 23.3 Å². The van der Waals surface area contributed by atoms with Gasteiger partial charge in [0.05, 0.1) is 22.0 Å². The average molecular weight is 463 g/mol. The molecule has 0 radical (unpaired) electrons. The Morgan fingerprint density at radius 2 is 2.09 bits per heavy atom. The molecule has 0 spiro atoms. The van der Waals surface area contributed by atoms with E-state index in [-0.39, 0.29) is 24.0 Å². The van der Waals surface area contributed by atoms with Gasteiger partial charge >= 0.3 is 0 Å². The van der Waals surface area contributed by atoms with E-state index >= 15 is 0 Å². The number of carbonyl (C=O) groups excluding carboxylic acids is 1. The molecule has 2 aromatic rings. The molecule has 1 amide bonds. The van der Waals surface area contributed by atoms with E-state index in [4.69, 9.17) is 14.7 Å². The minimum Gasteiger partial charge on any atom is -0.341 e. The molecule has 1 aromatic carbocycles. The summed E-state index contributed by atoms with van der Waals surface area (Å²) < 4.78 is 28.1. The molecule has 32 heavy (non-hydrogen) atoms. The lowest BCUT2D eigenvalue weighted by molar-refractivity contribution is -0.139. The molecular formula is C22H24F2N4O3S. The van der Waals surface area contributed by atoms with E-state index in [2.05, 4.69) is 17.5 Å². The van der Waals surface area contributed by atoms with Crippen LogP contribution in [0, 0.1) is 11.6 Å². The number of halogens is 2. The van der Waals surface area contributed by atoms with Crippen LogP contribution < -0.4 is 11.0 Å². The van der Waals surface area contributed by atoms with Crippen LogP contribution in [0.25, 0.3) is 5.70 Å². The number of nitrogens with one attached hydrogen (secondary N) is 2. The predicted molar refractivity (Wildman–Crippen MR) is 116 cm³/mol. The Morgan fingerprint density at radius 3 is 2.78 bits per heavy atom. The van der Waals surface area contributed by atoms with Crippen molar-refractivity contribution in [2.75, 3.05) is 19.7 Å². The van der Waals surface area contributed by atoms with Crippen LogP contribution >= 0.6 is 11.3 Å². The summed E-state index contributed by atoms with van der Waals surface area (Å²) in [6, 6.07) is 3.72. The zero-order chi connectivity index (χ0) is 22.7. The molecule has 1 saturated heterocycles. The molecule has 2 aliphatic rings. The molecular weight excluding hydrogens is 438 g/mol. The SMILES string of the molecule is C=C(C)NOCC(=O)N1CCC(c2nc(C3=CC(c4c(F)cccc4F)ON3)cs2)CC1. The Bertz CT molecular complexity index is 1010. The quantitative estimate of drug-likeness (QED) is 0.610. The van der Waals surface area contributed by atoms with Crippen LogP contribution in [0.1, 0.15) is 48.1 Å². The first kappa shape index (κ1) is 22.4. The number of piperidine rings is 1.